The van der Waals surface area contributed by atoms with Crippen molar-refractivity contribution in [1.29, 1.82) is 0 Å². The minimum atomic E-state index is -0.508. The van der Waals surface area contributed by atoms with Gasteiger partial charge in [0.1, 0.15) is 11.5 Å². The van der Waals surface area contributed by atoms with E-state index in [1.165, 1.54) is 22.9 Å². The minimum absolute atomic E-state index is 0.00273. The van der Waals surface area contributed by atoms with Gasteiger partial charge in [0.25, 0.3) is 5.91 Å². The molecule has 6 heteroatoms. The molecule has 1 aromatic heterocycles. The van der Waals surface area contributed by atoms with E-state index in [1.807, 2.05) is 6.92 Å². The number of carbonyl (C=O) groups excluding carboxylic acids is 1. The first-order valence-electron chi connectivity index (χ1n) is 5.90. The summed E-state index contributed by atoms with van der Waals surface area (Å²) in [5.74, 6) is -0.812. The van der Waals surface area contributed by atoms with E-state index in [0.29, 0.717) is 11.4 Å². The van der Waals surface area contributed by atoms with Crippen molar-refractivity contribution in [2.24, 2.45) is 7.05 Å². The largest absolute Gasteiger partial charge is 0.396 e. The highest BCUT2D eigenvalue weighted by Crippen LogP contribution is 2.17. The Balaban J connectivity index is 2.20. The zero-order chi connectivity index (χ0) is 14.0. The maximum absolute atomic E-state index is 13.0. The summed E-state index contributed by atoms with van der Waals surface area (Å²) < 4.78 is 14.5. The second kappa shape index (κ2) is 5.09. The molecule has 19 heavy (non-hydrogen) atoms. The van der Waals surface area contributed by atoms with Gasteiger partial charge in [-0.25, -0.2) is 4.39 Å². The Morgan fingerprint density at radius 1 is 1.47 bits per heavy atom. The second-order valence-corrected chi connectivity index (χ2v) is 4.19. The first-order valence-corrected chi connectivity index (χ1v) is 5.90. The van der Waals surface area contributed by atoms with E-state index in [1.54, 1.807) is 13.1 Å². The Labute approximate surface area is 110 Å². The van der Waals surface area contributed by atoms with Crippen LogP contribution in [0.25, 0.3) is 0 Å². The fourth-order valence-electron chi connectivity index (χ4n) is 1.73. The molecule has 0 radical (unpaired) electrons. The van der Waals surface area contributed by atoms with Crippen LogP contribution in [0.1, 0.15) is 23.1 Å². The average Bonchev–Trinajstić information content (AvgIpc) is 2.75. The number of nitrogens with one attached hydrogen (secondary N) is 1. The van der Waals surface area contributed by atoms with Gasteiger partial charge in [-0.15, -0.1) is 0 Å². The number of rotatable bonds is 3. The Bertz CT molecular complexity index is 621. The minimum Gasteiger partial charge on any atom is -0.396 e. The van der Waals surface area contributed by atoms with Crippen molar-refractivity contribution in [1.82, 2.24) is 9.78 Å². The van der Waals surface area contributed by atoms with Crippen LogP contribution < -0.4 is 11.1 Å². The topological polar surface area (TPSA) is 72.9 Å². The molecule has 0 saturated heterocycles. The lowest BCUT2D eigenvalue weighted by Crippen LogP contribution is -2.16. The smallest absolute Gasteiger partial charge is 0.273 e. The molecule has 0 saturated carbocycles. The van der Waals surface area contributed by atoms with E-state index in [0.717, 1.165) is 12.1 Å². The van der Waals surface area contributed by atoms with Gasteiger partial charge in [0.05, 0.1) is 11.4 Å². The summed E-state index contributed by atoms with van der Waals surface area (Å²) in [7, 11) is 1.70. The van der Waals surface area contributed by atoms with Gasteiger partial charge < -0.3 is 11.1 Å². The van der Waals surface area contributed by atoms with Crippen molar-refractivity contribution in [3.05, 3.63) is 41.5 Å². The van der Waals surface area contributed by atoms with Crippen molar-refractivity contribution in [2.75, 3.05) is 11.1 Å². The van der Waals surface area contributed by atoms with Crippen LogP contribution >= 0.6 is 0 Å². The number of benzene rings is 1. The van der Waals surface area contributed by atoms with Crippen molar-refractivity contribution in [2.45, 2.75) is 13.3 Å². The maximum Gasteiger partial charge on any atom is 0.273 e. The van der Waals surface area contributed by atoms with Gasteiger partial charge in [-0.1, -0.05) is 6.92 Å². The van der Waals surface area contributed by atoms with Gasteiger partial charge in [0, 0.05) is 12.7 Å². The zero-order valence-electron chi connectivity index (χ0n) is 10.8. The molecular weight excluding hydrogens is 247 g/mol. The molecule has 3 N–H and O–H groups in total. The fraction of sp³-hybridized carbons (Fsp3) is 0.231. The molecule has 0 fully saturated rings. The first kappa shape index (κ1) is 13.1. The van der Waals surface area contributed by atoms with Crippen LogP contribution in [0.3, 0.4) is 0 Å². The van der Waals surface area contributed by atoms with Gasteiger partial charge in [-0.05, 0) is 30.7 Å². The molecule has 2 aromatic rings. The van der Waals surface area contributed by atoms with E-state index >= 15 is 0 Å². The Hall–Kier alpha value is -2.37. The molecule has 5 nitrogen and oxygen atoms in total. The normalized spacial score (nSPS) is 10.5. The number of amides is 1. The molecule has 0 unspecified atom stereocenters. The van der Waals surface area contributed by atoms with Gasteiger partial charge in [0.15, 0.2) is 0 Å². The number of hydrogen-bond acceptors (Lipinski definition) is 3. The number of nitrogens with two attached hydrogens (primary N) is 1. The SMILES string of the molecule is CCc1cc(C(=O)Nc2ccc(F)c(N)c2)n(C)n1. The number of hydrogen-bond donors (Lipinski definition) is 2. The lowest BCUT2D eigenvalue weighted by atomic mass is 10.2. The van der Waals surface area contributed by atoms with E-state index < -0.39 is 5.82 Å². The summed E-state index contributed by atoms with van der Waals surface area (Å²) >= 11 is 0. The zero-order valence-corrected chi connectivity index (χ0v) is 10.8. The molecule has 1 heterocycles. The van der Waals surface area contributed by atoms with Crippen molar-refractivity contribution >= 4 is 17.3 Å². The number of carbonyl (C=O) groups is 1. The van der Waals surface area contributed by atoms with Crippen LogP contribution in [0.5, 0.6) is 0 Å². The number of aryl methyl sites for hydroxylation is 2. The first-order chi connectivity index (χ1) is 9.01. The summed E-state index contributed by atoms with van der Waals surface area (Å²) in [4.78, 5) is 12.1. The summed E-state index contributed by atoms with van der Waals surface area (Å²) in [6.45, 7) is 1.96. The van der Waals surface area contributed by atoms with Gasteiger partial charge >= 0.3 is 0 Å². The Kier molecular flexibility index (Phi) is 3.50. The Morgan fingerprint density at radius 2 is 2.21 bits per heavy atom. The van der Waals surface area contributed by atoms with Crippen LogP contribution in [0.2, 0.25) is 0 Å². The van der Waals surface area contributed by atoms with E-state index in [-0.39, 0.29) is 11.6 Å². The van der Waals surface area contributed by atoms with E-state index in [2.05, 4.69) is 10.4 Å². The molecule has 0 atom stereocenters. The molecule has 1 amide bonds. The highest BCUT2D eigenvalue weighted by atomic mass is 19.1. The number of nitrogens with zero attached hydrogens (tertiary/aromatic N) is 2. The summed E-state index contributed by atoms with van der Waals surface area (Å²) in [6, 6.07) is 5.78. The summed E-state index contributed by atoms with van der Waals surface area (Å²) in [5.41, 5.74) is 7.17. The van der Waals surface area contributed by atoms with Crippen LogP contribution in [-0.2, 0) is 13.5 Å². The molecule has 0 aliphatic carbocycles. The van der Waals surface area contributed by atoms with Crippen molar-refractivity contribution in [3.8, 4) is 0 Å². The number of halogens is 1. The molecular formula is C13H15FN4O. The van der Waals surface area contributed by atoms with Gasteiger partial charge in [0.2, 0.25) is 0 Å². The van der Waals surface area contributed by atoms with Gasteiger partial charge in [-0.3, -0.25) is 9.48 Å². The van der Waals surface area contributed by atoms with Crippen LogP contribution in [0.4, 0.5) is 15.8 Å². The van der Waals surface area contributed by atoms with Crippen molar-refractivity contribution < 1.29 is 9.18 Å². The van der Waals surface area contributed by atoms with E-state index in [9.17, 15) is 9.18 Å². The molecule has 0 aliphatic heterocycles. The van der Waals surface area contributed by atoms with Crippen LogP contribution in [0.15, 0.2) is 24.3 Å². The Morgan fingerprint density at radius 3 is 2.79 bits per heavy atom. The number of nitrogen functional groups attached to an aromatic ring is 1. The predicted molar refractivity (Wildman–Crippen MR) is 71.4 cm³/mol. The third-order valence-electron chi connectivity index (χ3n) is 2.78. The highest BCUT2D eigenvalue weighted by Gasteiger charge is 2.13. The van der Waals surface area contributed by atoms with Crippen LogP contribution in [0, 0.1) is 5.82 Å². The van der Waals surface area contributed by atoms with Crippen LogP contribution in [-0.4, -0.2) is 15.7 Å². The molecule has 2 rings (SSSR count). The molecule has 0 bridgehead atoms. The average molecular weight is 262 g/mol. The lowest BCUT2D eigenvalue weighted by molar-refractivity contribution is 0.101. The fourth-order valence-corrected chi connectivity index (χ4v) is 1.73. The molecule has 1 aromatic carbocycles. The molecule has 100 valence electrons. The second-order valence-electron chi connectivity index (χ2n) is 4.19. The molecule has 0 aliphatic rings. The monoisotopic (exact) mass is 262 g/mol. The third-order valence-corrected chi connectivity index (χ3v) is 2.78. The predicted octanol–water partition coefficient (Wildman–Crippen LogP) is 1.96. The third kappa shape index (κ3) is 2.73. The lowest BCUT2D eigenvalue weighted by Gasteiger charge is -2.06. The molecule has 0 spiro atoms. The summed E-state index contributed by atoms with van der Waals surface area (Å²) in [6.07, 6.45) is 0.755. The van der Waals surface area contributed by atoms with Crippen molar-refractivity contribution in [3.63, 3.8) is 0 Å². The van der Waals surface area contributed by atoms with Gasteiger partial charge in [-0.2, -0.15) is 5.10 Å². The standard InChI is InChI=1S/C13H15FN4O/c1-3-8-7-12(18(2)17-8)13(19)16-9-4-5-10(14)11(15)6-9/h4-7H,3,15H2,1-2H3,(H,16,19). The number of anilines is 2. The van der Waals surface area contributed by atoms with E-state index in [4.69, 9.17) is 5.73 Å². The highest BCUT2D eigenvalue weighted by molar-refractivity contribution is 6.03. The number of aromatic nitrogens is 2. The summed E-state index contributed by atoms with van der Waals surface area (Å²) in [5, 5.41) is 6.85. The quantitative estimate of drug-likeness (QED) is 0.830. The maximum atomic E-state index is 13.0.